The fraction of sp³-hybridized carbons (Fsp3) is 0.583. The van der Waals surface area contributed by atoms with Crippen molar-refractivity contribution in [3.8, 4) is 0 Å². The van der Waals surface area contributed by atoms with Crippen LogP contribution in [0.15, 0.2) is 83.7 Å². The molecule has 0 radical (unpaired) electrons. The molecule has 1 aliphatic heterocycles. The number of ether oxygens (including phenoxy) is 3. The van der Waals surface area contributed by atoms with Gasteiger partial charge < -0.3 is 77.6 Å². The molecule has 4 aromatic rings. The van der Waals surface area contributed by atoms with Crippen molar-refractivity contribution in [3.05, 3.63) is 100 Å². The second-order valence-electron chi connectivity index (χ2n) is 27.7. The minimum atomic E-state index is -3.67. The van der Waals surface area contributed by atoms with Gasteiger partial charge in [-0.2, -0.15) is 0 Å². The Morgan fingerprint density at radius 3 is 1.96 bits per heavy atom. The van der Waals surface area contributed by atoms with Gasteiger partial charge in [0.15, 0.2) is 0 Å². The lowest BCUT2D eigenvalue weighted by Gasteiger charge is -2.41. The monoisotopic (exact) mass is 1500 g/mol. The zero-order valence-corrected chi connectivity index (χ0v) is 64.2. The standard InChI is InChI=1S/C72H107N15O16S2/c1-15-44(6)59(55(101-12)38-56(89)87-35-22-27-54(87)60(102-13)45(7)61(90)82-53(66-75-34-36-104-66)37-47-23-17-16-18-24-47)86(11)67(95)58(43(4)5)84-68(96)72(9,10)85-71(98)103-41-48-28-30-50(31-29-48)80-63(92)52(26-21-33-76-69(73)97)81-65(94)57(42(2)3)83-64(93)51(79-46(8)88)25-19-20-32-74-62(91)49-39-77-70(78-40-49)105(14,99)100/h16-18,23-24,28-31,34,36,39-40,42-45,51-55,57-60H,15,19-22,25-27,32-33,35,37-38,41H2,1-14H3,(H,74,91)(H,79,88)(H,80,92)(H,81,94)(H,82,90)(H,83,93)(H,84,96)(H,85,98)(H3,73,76,97)/t44-,45+,51-,52-,53-,54-,55+,57-,58-,59-,60+/m0/s1. The van der Waals surface area contributed by atoms with E-state index in [9.17, 15) is 61.2 Å². The zero-order chi connectivity index (χ0) is 77.9. The van der Waals surface area contributed by atoms with Crippen molar-refractivity contribution in [1.82, 2.24) is 67.3 Å². The highest BCUT2D eigenvalue weighted by Gasteiger charge is 2.44. The van der Waals surface area contributed by atoms with E-state index in [1.165, 1.54) is 56.3 Å². The molecule has 11 N–H and O–H groups in total. The van der Waals surface area contributed by atoms with Crippen molar-refractivity contribution in [2.45, 2.75) is 205 Å². The molecule has 0 unspecified atom stereocenters. The average molecular weight is 1500 g/mol. The molecule has 3 heterocycles. The number of likely N-dealkylation sites (N-methyl/N-ethyl adjacent to an activating group) is 1. The van der Waals surface area contributed by atoms with Crippen LogP contribution in [-0.4, -0.2) is 200 Å². The lowest BCUT2D eigenvalue weighted by atomic mass is 9.89. The van der Waals surface area contributed by atoms with Crippen LogP contribution in [0.5, 0.6) is 0 Å². The van der Waals surface area contributed by atoms with E-state index >= 15 is 0 Å². The van der Waals surface area contributed by atoms with E-state index in [0.29, 0.717) is 50.6 Å². The Bertz CT molecular complexity index is 3660. The molecule has 0 bridgehead atoms. The molecule has 578 valence electrons. The van der Waals surface area contributed by atoms with Gasteiger partial charge in [-0.25, -0.2) is 33.0 Å². The number of methoxy groups -OCH3 is 2. The lowest BCUT2D eigenvalue weighted by molar-refractivity contribution is -0.148. The largest absolute Gasteiger partial charge is 0.445 e. The van der Waals surface area contributed by atoms with Gasteiger partial charge in [-0.3, -0.25) is 43.2 Å². The van der Waals surface area contributed by atoms with Crippen molar-refractivity contribution in [2.75, 3.05) is 52.5 Å². The summed E-state index contributed by atoms with van der Waals surface area (Å²) in [4.78, 5) is 164. The number of amides is 12. The maximum absolute atomic E-state index is 14.8. The van der Waals surface area contributed by atoms with Crippen LogP contribution in [0.4, 0.5) is 15.3 Å². The average Bonchev–Trinajstić information content (AvgIpc) is 1.79. The van der Waals surface area contributed by atoms with Crippen molar-refractivity contribution in [1.29, 1.82) is 0 Å². The van der Waals surface area contributed by atoms with E-state index in [4.69, 9.17) is 19.9 Å². The normalized spacial score (nSPS) is 15.9. The van der Waals surface area contributed by atoms with Gasteiger partial charge in [-0.1, -0.05) is 97.4 Å². The molecule has 12 amide bonds. The van der Waals surface area contributed by atoms with Crippen LogP contribution in [0, 0.1) is 23.7 Å². The Balaban J connectivity index is 1.16. The summed E-state index contributed by atoms with van der Waals surface area (Å²) in [5, 5.41) is 26.8. The number of hydrogen-bond donors (Lipinski definition) is 10. The van der Waals surface area contributed by atoms with Gasteiger partial charge in [0.25, 0.3) is 5.91 Å². The highest BCUT2D eigenvalue weighted by atomic mass is 32.2. The minimum absolute atomic E-state index is 0.00765. The van der Waals surface area contributed by atoms with Gasteiger partial charge in [0.05, 0.1) is 48.2 Å². The summed E-state index contributed by atoms with van der Waals surface area (Å²) in [5.41, 5.74) is 5.47. The van der Waals surface area contributed by atoms with Gasteiger partial charge in [0.1, 0.15) is 41.3 Å². The van der Waals surface area contributed by atoms with E-state index < -0.39 is 140 Å². The number of carbonyl (C=O) groups is 11. The molecule has 1 aliphatic rings. The zero-order valence-electron chi connectivity index (χ0n) is 62.6. The number of benzene rings is 2. The summed E-state index contributed by atoms with van der Waals surface area (Å²) < 4.78 is 41.1. The first kappa shape index (κ1) is 86.4. The number of nitrogens with zero attached hydrogens (tertiary/aromatic N) is 5. The Hall–Kier alpha value is -9.21. The predicted molar refractivity (Wildman–Crippen MR) is 393 cm³/mol. The molecule has 1 fully saturated rings. The van der Waals surface area contributed by atoms with Crippen molar-refractivity contribution < 1.29 is 75.4 Å². The summed E-state index contributed by atoms with van der Waals surface area (Å²) >= 11 is 1.46. The summed E-state index contributed by atoms with van der Waals surface area (Å²) in [7, 11) is 0.994. The highest BCUT2D eigenvalue weighted by molar-refractivity contribution is 7.90. The number of carbonyl (C=O) groups excluding carboxylic acids is 11. The quantitative estimate of drug-likeness (QED) is 0.0214. The van der Waals surface area contributed by atoms with Gasteiger partial charge in [0, 0.05) is 83.7 Å². The number of aromatic nitrogens is 3. The van der Waals surface area contributed by atoms with E-state index in [2.05, 4.69) is 62.8 Å². The minimum Gasteiger partial charge on any atom is -0.445 e. The summed E-state index contributed by atoms with van der Waals surface area (Å²) in [5.74, 6) is -6.55. The number of sulfone groups is 1. The summed E-state index contributed by atoms with van der Waals surface area (Å²) in [6.45, 7) is 17.1. The van der Waals surface area contributed by atoms with Crippen molar-refractivity contribution >= 4 is 92.2 Å². The number of alkyl carbamates (subject to hydrolysis) is 1. The molecule has 105 heavy (non-hydrogen) atoms. The third kappa shape index (κ3) is 26.7. The van der Waals surface area contributed by atoms with E-state index in [0.717, 1.165) is 29.2 Å². The first-order valence-corrected chi connectivity index (χ1v) is 38.1. The predicted octanol–water partition coefficient (Wildman–Crippen LogP) is 4.62. The fourth-order valence-corrected chi connectivity index (χ4v) is 13.5. The summed E-state index contributed by atoms with van der Waals surface area (Å²) in [6.07, 6.45) is 5.77. The second-order valence-corrected chi connectivity index (χ2v) is 30.5. The van der Waals surface area contributed by atoms with Crippen LogP contribution in [0.1, 0.15) is 160 Å². The van der Waals surface area contributed by atoms with Crippen LogP contribution in [0.25, 0.3) is 0 Å². The molecule has 31 nitrogen and oxygen atoms in total. The fourth-order valence-electron chi connectivity index (χ4n) is 12.3. The number of nitrogens with one attached hydrogen (secondary N) is 9. The van der Waals surface area contributed by atoms with Crippen LogP contribution < -0.4 is 53.6 Å². The van der Waals surface area contributed by atoms with Crippen LogP contribution in [0.3, 0.4) is 0 Å². The Morgan fingerprint density at radius 1 is 0.743 bits per heavy atom. The number of rotatable bonds is 41. The molecular formula is C72H107N15O16S2. The van der Waals surface area contributed by atoms with Crippen molar-refractivity contribution in [3.63, 3.8) is 0 Å². The van der Waals surface area contributed by atoms with E-state index in [1.807, 2.05) is 49.6 Å². The van der Waals surface area contributed by atoms with E-state index in [1.54, 1.807) is 72.0 Å². The Labute approximate surface area is 619 Å². The number of primary amides is 1. The number of unbranched alkanes of at least 4 members (excludes halogenated alkanes) is 1. The highest BCUT2D eigenvalue weighted by Crippen LogP contribution is 2.31. The smallest absolute Gasteiger partial charge is 0.408 e. The molecule has 33 heteroatoms. The molecule has 2 aromatic carbocycles. The van der Waals surface area contributed by atoms with Crippen LogP contribution in [-0.2, 0) is 75.4 Å². The molecule has 2 aromatic heterocycles. The third-order valence-corrected chi connectivity index (χ3v) is 20.1. The topological polar surface area (TPSA) is 429 Å². The summed E-state index contributed by atoms with van der Waals surface area (Å²) in [6, 6.07) is 9.20. The van der Waals surface area contributed by atoms with Gasteiger partial charge in [-0.15, -0.1) is 11.3 Å². The van der Waals surface area contributed by atoms with Crippen molar-refractivity contribution in [2.24, 2.45) is 29.4 Å². The Morgan fingerprint density at radius 2 is 1.38 bits per heavy atom. The first-order chi connectivity index (χ1) is 49.6. The maximum atomic E-state index is 14.8. The number of anilines is 1. The lowest BCUT2D eigenvalue weighted by Crippen LogP contribution is -2.62. The van der Waals surface area contributed by atoms with Gasteiger partial charge in [0.2, 0.25) is 62.3 Å². The van der Waals surface area contributed by atoms with Crippen LogP contribution in [0.2, 0.25) is 0 Å². The number of nitrogens with two attached hydrogens (primary N) is 1. The second kappa shape index (κ2) is 41.5. The molecule has 0 aliphatic carbocycles. The molecule has 11 atom stereocenters. The molecule has 5 rings (SSSR count). The SMILES string of the molecule is CC[C@H](C)[C@@H]([C@@H](CC(=O)N1CCC[C@H]1[C@H](OC)[C@@H](C)C(=O)N[C@@H](Cc1ccccc1)c1nccs1)OC)N(C)C(=O)[C@@H](NC(=O)C(C)(C)NC(=O)OCc1ccc(NC(=O)[C@H](CCCNC(N)=O)NC(=O)[C@@H](NC(=O)[C@H](CCCCNC(=O)c2cnc(S(C)(=O)=O)nc2)NC(C)=O)C(C)C)cc1)C(C)C. The van der Waals surface area contributed by atoms with Crippen LogP contribution >= 0.6 is 11.3 Å². The molecule has 1 saturated heterocycles. The maximum Gasteiger partial charge on any atom is 0.408 e. The molecule has 0 saturated carbocycles. The number of likely N-dealkylation sites (tertiary alicyclic amines) is 1. The number of hydrogen-bond acceptors (Lipinski definition) is 20. The Kier molecular flexibility index (Phi) is 34.1. The number of urea groups is 1. The van der Waals surface area contributed by atoms with E-state index in [-0.39, 0.29) is 80.4 Å². The molecular weight excluding hydrogens is 1400 g/mol. The van der Waals surface area contributed by atoms with Gasteiger partial charge >= 0.3 is 12.1 Å². The molecule has 0 spiro atoms. The number of thiazole rings is 1. The first-order valence-electron chi connectivity index (χ1n) is 35.3. The van der Waals surface area contributed by atoms with Gasteiger partial charge in [-0.05, 0) is 106 Å². The third-order valence-electron chi connectivity index (χ3n) is 18.4.